The number of aliphatic hydroxyl groups is 6. The van der Waals surface area contributed by atoms with Gasteiger partial charge in [0.05, 0.1) is 25.2 Å². The first-order valence-electron chi connectivity index (χ1n) is 24.5. The summed E-state index contributed by atoms with van der Waals surface area (Å²) < 4.78 is 11.1. The Kier molecular flexibility index (Phi) is 34.9. The predicted molar refractivity (Wildman–Crippen MR) is 238 cm³/mol. The van der Waals surface area contributed by atoms with Crippen molar-refractivity contribution in [3.05, 3.63) is 12.2 Å². The van der Waals surface area contributed by atoms with Crippen LogP contribution in [0, 0.1) is 17.8 Å². The van der Waals surface area contributed by atoms with Gasteiger partial charge in [-0.1, -0.05) is 213 Å². The molecule has 8 atom stereocenters. The van der Waals surface area contributed by atoms with E-state index in [-0.39, 0.29) is 6.61 Å². The molecule has 0 unspecified atom stereocenters. The van der Waals surface area contributed by atoms with E-state index in [4.69, 9.17) is 9.47 Å². The van der Waals surface area contributed by atoms with Crippen molar-refractivity contribution in [2.24, 2.45) is 17.8 Å². The van der Waals surface area contributed by atoms with Gasteiger partial charge in [0.1, 0.15) is 30.5 Å². The largest absolute Gasteiger partial charge is 0.394 e. The van der Waals surface area contributed by atoms with Crippen molar-refractivity contribution in [1.82, 2.24) is 0 Å². The first kappa shape index (κ1) is 55.1. The van der Waals surface area contributed by atoms with E-state index in [1.165, 1.54) is 141 Å². The molecule has 1 saturated heterocycles. The lowest BCUT2D eigenvalue weighted by molar-refractivity contribution is -0.303. The van der Waals surface area contributed by atoms with Crippen molar-refractivity contribution >= 4 is 5.78 Å². The predicted octanol–water partition coefficient (Wildman–Crippen LogP) is 10.3. The number of rotatable bonds is 40. The van der Waals surface area contributed by atoms with Crippen LogP contribution in [-0.2, 0) is 14.3 Å². The Labute approximate surface area is 356 Å². The van der Waals surface area contributed by atoms with Crippen molar-refractivity contribution in [2.45, 2.75) is 263 Å². The first-order valence-corrected chi connectivity index (χ1v) is 24.5. The van der Waals surface area contributed by atoms with Crippen LogP contribution in [0.2, 0.25) is 0 Å². The molecule has 1 heterocycles. The number of unbranched alkanes of at least 4 members (excludes halogenated alkanes) is 25. The summed E-state index contributed by atoms with van der Waals surface area (Å²) in [7, 11) is 0. The summed E-state index contributed by atoms with van der Waals surface area (Å²) in [6.45, 7) is 8.21. The van der Waals surface area contributed by atoms with Crippen molar-refractivity contribution in [1.29, 1.82) is 0 Å². The molecule has 1 aliphatic heterocycles. The van der Waals surface area contributed by atoms with E-state index in [2.05, 4.69) is 27.7 Å². The van der Waals surface area contributed by atoms with Crippen molar-refractivity contribution in [2.75, 3.05) is 13.2 Å². The molecule has 1 rings (SSSR count). The molecule has 0 saturated carbocycles. The fraction of sp³-hybridized carbons (Fsp3) is 0.939. The number of allylic oxidation sites excluding steroid dienone is 1. The molecule has 1 fully saturated rings. The van der Waals surface area contributed by atoms with Gasteiger partial charge in [-0.3, -0.25) is 4.79 Å². The van der Waals surface area contributed by atoms with E-state index in [0.717, 1.165) is 50.4 Å². The topological polar surface area (TPSA) is 157 Å². The average Bonchev–Trinajstić information content (AvgIpc) is 3.19. The Hall–Kier alpha value is -0.910. The molecule has 1 aliphatic rings. The molecule has 0 radical (unpaired) electrons. The summed E-state index contributed by atoms with van der Waals surface area (Å²) >= 11 is 0. The van der Waals surface area contributed by atoms with Gasteiger partial charge in [-0.2, -0.15) is 0 Å². The second-order valence-corrected chi connectivity index (χ2v) is 18.6. The Morgan fingerprint density at radius 1 is 0.552 bits per heavy atom. The number of ether oxygens (including phenoxy) is 2. The summed E-state index contributed by atoms with van der Waals surface area (Å²) in [6.07, 6.45) is 29.8. The molecule has 0 amide bonds. The maximum atomic E-state index is 13.5. The zero-order chi connectivity index (χ0) is 42.8. The highest BCUT2D eigenvalue weighted by Gasteiger charge is 2.44. The standard InChI is InChI=1S/C49H94O9/c1-39(2)33-29-25-21-17-13-10-8-6-5-7-9-11-15-20-24-28-32-36-43(52)45(53)41(38-57-49-48(56)47(55)46(54)44(37-50)58-49)42(51)35-31-27-23-19-16-12-14-18-22-26-30-34-40(3)4/h31,35,39-44,46-52,54-56H,5-30,32-34,36-38H2,1-4H3/b35-31+/t41-,42+,43+,44+,46-,47-,48+,49+/m0/s1. The third-order valence-electron chi connectivity index (χ3n) is 12.1. The van der Waals surface area contributed by atoms with Crippen LogP contribution in [0.4, 0.5) is 0 Å². The maximum absolute atomic E-state index is 13.5. The van der Waals surface area contributed by atoms with Gasteiger partial charge in [-0.15, -0.1) is 0 Å². The van der Waals surface area contributed by atoms with Crippen LogP contribution in [0.15, 0.2) is 12.2 Å². The third kappa shape index (κ3) is 27.8. The van der Waals surface area contributed by atoms with Gasteiger partial charge in [-0.25, -0.2) is 0 Å². The van der Waals surface area contributed by atoms with Gasteiger partial charge in [0.2, 0.25) is 0 Å². The van der Waals surface area contributed by atoms with Crippen molar-refractivity contribution in [3.63, 3.8) is 0 Å². The Morgan fingerprint density at radius 2 is 0.931 bits per heavy atom. The zero-order valence-electron chi connectivity index (χ0n) is 38.0. The minimum absolute atomic E-state index is 0.294. The van der Waals surface area contributed by atoms with Crippen LogP contribution >= 0.6 is 0 Å². The third-order valence-corrected chi connectivity index (χ3v) is 12.1. The summed E-state index contributed by atoms with van der Waals surface area (Å²) in [6, 6.07) is 0. The molecule has 9 nitrogen and oxygen atoms in total. The van der Waals surface area contributed by atoms with Gasteiger partial charge in [-0.05, 0) is 31.1 Å². The number of aliphatic hydroxyl groups excluding tert-OH is 6. The minimum atomic E-state index is -1.62. The van der Waals surface area contributed by atoms with Crippen LogP contribution in [0.5, 0.6) is 0 Å². The average molecular weight is 827 g/mol. The van der Waals surface area contributed by atoms with Crippen molar-refractivity contribution < 1.29 is 44.9 Å². The van der Waals surface area contributed by atoms with Gasteiger partial charge in [0, 0.05) is 0 Å². The van der Waals surface area contributed by atoms with Gasteiger partial charge in [0.25, 0.3) is 0 Å². The monoisotopic (exact) mass is 827 g/mol. The lowest BCUT2D eigenvalue weighted by atomic mass is 9.91. The second kappa shape index (κ2) is 36.7. The van der Waals surface area contributed by atoms with Crippen LogP contribution in [0.25, 0.3) is 0 Å². The van der Waals surface area contributed by atoms with Gasteiger partial charge in [0.15, 0.2) is 12.1 Å². The van der Waals surface area contributed by atoms with E-state index in [9.17, 15) is 35.4 Å². The number of carbonyl (C=O) groups excluding carboxylic acids is 1. The maximum Gasteiger partial charge on any atom is 0.186 e. The molecular formula is C49H94O9. The van der Waals surface area contributed by atoms with E-state index >= 15 is 0 Å². The highest BCUT2D eigenvalue weighted by atomic mass is 16.7. The van der Waals surface area contributed by atoms with E-state index in [1.807, 2.05) is 6.08 Å². The number of hydrogen-bond donors (Lipinski definition) is 6. The summed E-state index contributed by atoms with van der Waals surface area (Å²) in [4.78, 5) is 13.5. The van der Waals surface area contributed by atoms with Crippen LogP contribution in [0.1, 0.15) is 220 Å². The molecule has 344 valence electrons. The summed E-state index contributed by atoms with van der Waals surface area (Å²) in [5.74, 6) is -0.0296. The number of carbonyl (C=O) groups is 1. The fourth-order valence-corrected chi connectivity index (χ4v) is 8.11. The molecule has 0 aliphatic carbocycles. The van der Waals surface area contributed by atoms with E-state index in [1.54, 1.807) is 6.08 Å². The molecule has 9 heteroatoms. The Bertz CT molecular complexity index is 956. The first-order chi connectivity index (χ1) is 28.0. The smallest absolute Gasteiger partial charge is 0.186 e. The quantitative estimate of drug-likeness (QED) is 0.0261. The molecule has 0 aromatic heterocycles. The van der Waals surface area contributed by atoms with Crippen LogP contribution in [0.3, 0.4) is 0 Å². The number of hydrogen-bond acceptors (Lipinski definition) is 9. The number of Topliss-reactive ketones (excluding diaryl/α,β-unsaturated/α-hetero) is 1. The summed E-state index contributed by atoms with van der Waals surface area (Å²) in [5, 5.41) is 62.3. The van der Waals surface area contributed by atoms with Gasteiger partial charge < -0.3 is 40.1 Å². The fourth-order valence-electron chi connectivity index (χ4n) is 8.11. The molecule has 0 bridgehead atoms. The van der Waals surface area contributed by atoms with E-state index in [0.29, 0.717) is 12.8 Å². The molecule has 58 heavy (non-hydrogen) atoms. The molecule has 6 N–H and O–H groups in total. The van der Waals surface area contributed by atoms with Crippen molar-refractivity contribution in [3.8, 4) is 0 Å². The molecule has 0 spiro atoms. The second-order valence-electron chi connectivity index (χ2n) is 18.6. The normalized spacial score (nSPS) is 21.7. The zero-order valence-corrected chi connectivity index (χ0v) is 38.0. The lowest BCUT2D eigenvalue weighted by Gasteiger charge is -2.40. The van der Waals surface area contributed by atoms with E-state index < -0.39 is 61.2 Å². The highest BCUT2D eigenvalue weighted by Crippen LogP contribution is 2.25. The van der Waals surface area contributed by atoms with Gasteiger partial charge >= 0.3 is 0 Å². The SMILES string of the molecule is CC(C)CCCCCCCCCCC/C=C/[C@@H](O)[C@H](CO[C@@H]1O[C@H](CO)[C@H](O)[C@H](O)[C@H]1O)C(=O)[C@H](O)CCCCCCCCCCCCCCCCCCCC(C)C. The number of ketones is 1. The molecule has 0 aromatic rings. The highest BCUT2D eigenvalue weighted by molar-refractivity contribution is 5.86. The summed E-state index contributed by atoms with van der Waals surface area (Å²) in [5.41, 5.74) is 0. The van der Waals surface area contributed by atoms with Crippen LogP contribution < -0.4 is 0 Å². The molecule has 0 aromatic carbocycles. The lowest BCUT2D eigenvalue weighted by Crippen LogP contribution is -2.59. The van der Waals surface area contributed by atoms with Crippen LogP contribution in [-0.4, -0.2) is 92.5 Å². The Balaban J connectivity index is 2.37. The molecular weight excluding hydrogens is 733 g/mol. The Morgan fingerprint density at radius 3 is 1.33 bits per heavy atom. The minimum Gasteiger partial charge on any atom is -0.394 e.